The van der Waals surface area contributed by atoms with Crippen LogP contribution in [-0.2, 0) is 12.8 Å². The van der Waals surface area contributed by atoms with E-state index in [0.717, 1.165) is 24.3 Å². The molecule has 0 saturated heterocycles. The molecule has 1 amide bonds. The molecule has 1 heterocycles. The summed E-state index contributed by atoms with van der Waals surface area (Å²) >= 11 is 0. The lowest BCUT2D eigenvalue weighted by Gasteiger charge is -2.08. The number of benzene rings is 2. The lowest BCUT2D eigenvalue weighted by atomic mass is 10.1. The number of hydrogen-bond acceptors (Lipinski definition) is 5. The largest absolute Gasteiger partial charge is 0.497 e. The molecule has 0 bridgehead atoms. The third-order valence-corrected chi connectivity index (χ3v) is 4.40. The standard InChI is InChI=1S/C22H24N4O2/c1-3-16-4-8-18(9-5-16)26-22(27)20-14-21(25-15-24-20)23-13-12-17-6-10-19(28-2)11-7-17/h4-11,14-15H,3,12-13H2,1-2H3,(H,26,27)(H,23,24,25). The van der Waals surface area contributed by atoms with Crippen LogP contribution in [0.4, 0.5) is 11.5 Å². The van der Waals surface area contributed by atoms with E-state index in [4.69, 9.17) is 4.74 Å². The number of aromatic nitrogens is 2. The summed E-state index contributed by atoms with van der Waals surface area (Å²) in [5.74, 6) is 1.20. The number of carbonyl (C=O) groups is 1. The third-order valence-electron chi connectivity index (χ3n) is 4.40. The molecule has 3 rings (SSSR count). The molecule has 1 aromatic heterocycles. The summed E-state index contributed by atoms with van der Waals surface area (Å²) in [5.41, 5.74) is 3.48. The summed E-state index contributed by atoms with van der Waals surface area (Å²) in [6.07, 6.45) is 3.19. The number of nitrogens with zero attached hydrogens (tertiary/aromatic N) is 2. The Morgan fingerprint density at radius 1 is 1.00 bits per heavy atom. The molecule has 6 heteroatoms. The Morgan fingerprint density at radius 3 is 2.39 bits per heavy atom. The summed E-state index contributed by atoms with van der Waals surface area (Å²) < 4.78 is 5.16. The van der Waals surface area contributed by atoms with Gasteiger partial charge in [0.25, 0.3) is 5.91 Å². The maximum atomic E-state index is 12.4. The highest BCUT2D eigenvalue weighted by Crippen LogP contribution is 2.13. The van der Waals surface area contributed by atoms with Gasteiger partial charge in [0.05, 0.1) is 7.11 Å². The van der Waals surface area contributed by atoms with Crippen molar-refractivity contribution in [3.63, 3.8) is 0 Å². The first-order valence-corrected chi connectivity index (χ1v) is 9.27. The molecule has 0 saturated carbocycles. The Morgan fingerprint density at radius 2 is 1.71 bits per heavy atom. The second-order valence-corrected chi connectivity index (χ2v) is 6.32. The second-order valence-electron chi connectivity index (χ2n) is 6.32. The van der Waals surface area contributed by atoms with Crippen molar-refractivity contribution < 1.29 is 9.53 Å². The summed E-state index contributed by atoms with van der Waals surface area (Å²) in [4.78, 5) is 20.7. The highest BCUT2D eigenvalue weighted by Gasteiger charge is 2.09. The molecule has 0 unspecified atom stereocenters. The van der Waals surface area contributed by atoms with E-state index < -0.39 is 0 Å². The van der Waals surface area contributed by atoms with Crippen molar-refractivity contribution in [1.29, 1.82) is 0 Å². The third kappa shape index (κ3) is 5.30. The number of anilines is 2. The van der Waals surface area contributed by atoms with Crippen LogP contribution in [0.2, 0.25) is 0 Å². The molecule has 6 nitrogen and oxygen atoms in total. The first-order chi connectivity index (χ1) is 13.7. The van der Waals surface area contributed by atoms with Crippen molar-refractivity contribution >= 4 is 17.4 Å². The van der Waals surface area contributed by atoms with E-state index in [2.05, 4.69) is 27.5 Å². The highest BCUT2D eigenvalue weighted by atomic mass is 16.5. The Labute approximate surface area is 165 Å². The zero-order valence-corrected chi connectivity index (χ0v) is 16.1. The quantitative estimate of drug-likeness (QED) is 0.622. The van der Waals surface area contributed by atoms with Crippen molar-refractivity contribution in [3.05, 3.63) is 77.7 Å². The molecular weight excluding hydrogens is 352 g/mol. The molecule has 0 atom stereocenters. The van der Waals surface area contributed by atoms with Gasteiger partial charge in [-0.2, -0.15) is 0 Å². The van der Waals surface area contributed by atoms with Crippen molar-refractivity contribution in [2.24, 2.45) is 0 Å². The molecule has 0 aliphatic rings. The van der Waals surface area contributed by atoms with Gasteiger partial charge in [-0.05, 0) is 48.2 Å². The molecule has 144 valence electrons. The molecule has 0 spiro atoms. The Balaban J connectivity index is 1.55. The van der Waals surface area contributed by atoms with Gasteiger partial charge in [-0.1, -0.05) is 31.2 Å². The van der Waals surface area contributed by atoms with E-state index in [9.17, 15) is 4.79 Å². The maximum absolute atomic E-state index is 12.4. The van der Waals surface area contributed by atoms with Gasteiger partial charge < -0.3 is 15.4 Å². The van der Waals surface area contributed by atoms with E-state index in [1.54, 1.807) is 13.2 Å². The van der Waals surface area contributed by atoms with E-state index in [0.29, 0.717) is 18.1 Å². The van der Waals surface area contributed by atoms with Crippen molar-refractivity contribution in [1.82, 2.24) is 9.97 Å². The normalized spacial score (nSPS) is 10.4. The average molecular weight is 376 g/mol. The summed E-state index contributed by atoms with van der Waals surface area (Å²) in [5, 5.41) is 6.09. The fraction of sp³-hybridized carbons (Fsp3) is 0.227. The smallest absolute Gasteiger partial charge is 0.274 e. The molecule has 3 aromatic rings. The fourth-order valence-corrected chi connectivity index (χ4v) is 2.72. The number of methoxy groups -OCH3 is 1. The van der Waals surface area contributed by atoms with Gasteiger partial charge in [0.15, 0.2) is 0 Å². The molecule has 2 N–H and O–H groups in total. The number of carbonyl (C=O) groups excluding carboxylic acids is 1. The first kappa shape index (κ1) is 19.4. The molecule has 0 fully saturated rings. The number of ether oxygens (including phenoxy) is 1. The van der Waals surface area contributed by atoms with Gasteiger partial charge >= 0.3 is 0 Å². The van der Waals surface area contributed by atoms with E-state index in [-0.39, 0.29) is 5.91 Å². The maximum Gasteiger partial charge on any atom is 0.274 e. The van der Waals surface area contributed by atoms with Crippen LogP contribution in [0.3, 0.4) is 0 Å². The van der Waals surface area contributed by atoms with Gasteiger partial charge in [0.1, 0.15) is 23.6 Å². The van der Waals surface area contributed by atoms with Crippen LogP contribution >= 0.6 is 0 Å². The molecular formula is C22H24N4O2. The van der Waals surface area contributed by atoms with Crippen LogP contribution in [0, 0.1) is 0 Å². The summed E-state index contributed by atoms with van der Waals surface area (Å²) in [6, 6.07) is 17.4. The zero-order valence-electron chi connectivity index (χ0n) is 16.1. The van der Waals surface area contributed by atoms with Crippen LogP contribution in [0.5, 0.6) is 5.75 Å². The number of nitrogens with one attached hydrogen (secondary N) is 2. The predicted molar refractivity (Wildman–Crippen MR) is 111 cm³/mol. The SMILES string of the molecule is CCc1ccc(NC(=O)c2cc(NCCc3ccc(OC)cc3)ncn2)cc1. The van der Waals surface area contributed by atoms with E-state index >= 15 is 0 Å². The van der Waals surface area contributed by atoms with Crippen LogP contribution in [0.15, 0.2) is 60.9 Å². The van der Waals surface area contributed by atoms with Gasteiger partial charge in [-0.25, -0.2) is 9.97 Å². The van der Waals surface area contributed by atoms with Gasteiger partial charge in [0.2, 0.25) is 0 Å². The zero-order chi connectivity index (χ0) is 19.8. The summed E-state index contributed by atoms with van der Waals surface area (Å²) in [6.45, 7) is 2.79. The van der Waals surface area contributed by atoms with Gasteiger partial charge in [-0.15, -0.1) is 0 Å². The lowest BCUT2D eigenvalue weighted by molar-refractivity contribution is 0.102. The van der Waals surface area contributed by atoms with Crippen LogP contribution < -0.4 is 15.4 Å². The number of hydrogen-bond donors (Lipinski definition) is 2. The van der Waals surface area contributed by atoms with E-state index in [1.807, 2.05) is 48.5 Å². The minimum absolute atomic E-state index is 0.259. The minimum atomic E-state index is -0.259. The van der Waals surface area contributed by atoms with Crippen molar-refractivity contribution in [2.45, 2.75) is 19.8 Å². The molecule has 2 aromatic carbocycles. The topological polar surface area (TPSA) is 76.1 Å². The lowest BCUT2D eigenvalue weighted by Crippen LogP contribution is -2.15. The fourth-order valence-electron chi connectivity index (χ4n) is 2.72. The Kier molecular flexibility index (Phi) is 6.57. The number of amides is 1. The van der Waals surface area contributed by atoms with Crippen LogP contribution in [0.1, 0.15) is 28.5 Å². The average Bonchev–Trinajstić information content (AvgIpc) is 2.75. The highest BCUT2D eigenvalue weighted by molar-refractivity contribution is 6.03. The van der Waals surface area contributed by atoms with Crippen LogP contribution in [-0.4, -0.2) is 29.5 Å². The molecule has 28 heavy (non-hydrogen) atoms. The van der Waals surface area contributed by atoms with Gasteiger partial charge in [-0.3, -0.25) is 4.79 Å². The summed E-state index contributed by atoms with van der Waals surface area (Å²) in [7, 11) is 1.65. The minimum Gasteiger partial charge on any atom is -0.497 e. The van der Waals surface area contributed by atoms with Crippen molar-refractivity contribution in [3.8, 4) is 5.75 Å². The van der Waals surface area contributed by atoms with Crippen molar-refractivity contribution in [2.75, 3.05) is 24.3 Å². The van der Waals surface area contributed by atoms with Gasteiger partial charge in [0, 0.05) is 18.3 Å². The number of aryl methyl sites for hydroxylation is 1. The predicted octanol–water partition coefficient (Wildman–Crippen LogP) is 3.95. The van der Waals surface area contributed by atoms with E-state index in [1.165, 1.54) is 17.5 Å². The Bertz CT molecular complexity index is 909. The van der Waals surface area contributed by atoms with Crippen LogP contribution in [0.25, 0.3) is 0 Å². The second kappa shape index (κ2) is 9.50. The Hall–Kier alpha value is -3.41. The molecule has 0 radical (unpaired) electrons. The number of rotatable bonds is 8. The molecule has 0 aliphatic heterocycles. The monoisotopic (exact) mass is 376 g/mol. The molecule has 0 aliphatic carbocycles. The first-order valence-electron chi connectivity index (χ1n) is 9.27.